The smallest absolute Gasteiger partial charge is 0.410 e. The van der Waals surface area contributed by atoms with Crippen LogP contribution in [-0.2, 0) is 12.8 Å². The van der Waals surface area contributed by atoms with Crippen molar-refractivity contribution >= 4 is 28.6 Å². The van der Waals surface area contributed by atoms with E-state index in [4.69, 9.17) is 16.3 Å². The maximum Gasteiger partial charge on any atom is 0.416 e. The summed E-state index contributed by atoms with van der Waals surface area (Å²) in [5.41, 5.74) is 5.74. The van der Waals surface area contributed by atoms with Gasteiger partial charge in [0.2, 0.25) is 0 Å². The summed E-state index contributed by atoms with van der Waals surface area (Å²) in [6.45, 7) is 2.59. The summed E-state index contributed by atoms with van der Waals surface area (Å²) in [5, 5.41) is 11.0. The number of H-pyrrole nitrogens is 1. The van der Waals surface area contributed by atoms with E-state index in [1.165, 1.54) is 5.56 Å². The van der Waals surface area contributed by atoms with Crippen molar-refractivity contribution in [1.29, 1.82) is 5.26 Å². The Bertz CT molecular complexity index is 1370. The summed E-state index contributed by atoms with van der Waals surface area (Å²) in [6.07, 6.45) is 1.21. The Labute approximate surface area is 197 Å². The predicted octanol–water partition coefficient (Wildman–Crippen LogP) is 6.40. The van der Waals surface area contributed by atoms with Crippen LogP contribution in [0.15, 0.2) is 66.7 Å². The SMILES string of the molecule is CCc1ccc(OC(=O)N2CCc3c([nH]c4ccc(Cl)cc34)C2c2ccc(C#N)cc2)cc1. The normalized spacial score (nSPS) is 15.2. The number of carbonyl (C=O) groups excluding carboxylic acids is 1. The van der Waals surface area contributed by atoms with Crippen LogP contribution >= 0.6 is 11.6 Å². The molecule has 5 rings (SSSR count). The first-order valence-corrected chi connectivity index (χ1v) is 11.3. The molecule has 33 heavy (non-hydrogen) atoms. The fourth-order valence-electron chi connectivity index (χ4n) is 4.50. The van der Waals surface area contributed by atoms with Gasteiger partial charge < -0.3 is 9.72 Å². The fourth-order valence-corrected chi connectivity index (χ4v) is 4.67. The molecule has 1 N–H and O–H groups in total. The highest BCUT2D eigenvalue weighted by atomic mass is 35.5. The molecule has 0 saturated carbocycles. The molecule has 1 amide bonds. The molecule has 1 unspecified atom stereocenters. The summed E-state index contributed by atoms with van der Waals surface area (Å²) in [5.74, 6) is 0.519. The average Bonchev–Trinajstić information content (AvgIpc) is 3.21. The van der Waals surface area contributed by atoms with Crippen LogP contribution in [0, 0.1) is 11.3 Å². The first-order chi connectivity index (χ1) is 16.1. The van der Waals surface area contributed by atoms with Crippen molar-refractivity contribution in [2.75, 3.05) is 6.54 Å². The van der Waals surface area contributed by atoms with E-state index in [0.717, 1.165) is 34.1 Å². The number of nitrogens with one attached hydrogen (secondary N) is 1. The molecule has 164 valence electrons. The number of nitriles is 1. The number of hydrogen-bond acceptors (Lipinski definition) is 3. The first kappa shape index (κ1) is 21.1. The van der Waals surface area contributed by atoms with Crippen molar-refractivity contribution < 1.29 is 9.53 Å². The molecule has 0 aliphatic carbocycles. The largest absolute Gasteiger partial charge is 0.416 e. The van der Waals surface area contributed by atoms with Gasteiger partial charge in [-0.1, -0.05) is 42.8 Å². The quantitative estimate of drug-likeness (QED) is 0.388. The van der Waals surface area contributed by atoms with Crippen LogP contribution in [0.1, 0.15) is 40.9 Å². The van der Waals surface area contributed by atoms with Gasteiger partial charge >= 0.3 is 6.09 Å². The standard InChI is InChI=1S/C27H22ClN3O2/c1-2-17-5-10-21(11-6-17)33-27(32)31-14-13-22-23-15-20(28)9-12-24(23)30-25(22)26(31)19-7-3-18(16-29)4-8-19/h3-12,15,26,30H,2,13-14H2,1H3. The van der Waals surface area contributed by atoms with E-state index >= 15 is 0 Å². The van der Waals surface area contributed by atoms with Crippen molar-refractivity contribution in [3.05, 3.63) is 99.7 Å². The highest BCUT2D eigenvalue weighted by Gasteiger charge is 2.35. The second kappa shape index (κ2) is 8.65. The number of fused-ring (bicyclic) bond motifs is 3. The minimum absolute atomic E-state index is 0.366. The van der Waals surface area contributed by atoms with Crippen LogP contribution in [-0.4, -0.2) is 22.5 Å². The monoisotopic (exact) mass is 455 g/mol. The van der Waals surface area contributed by atoms with E-state index in [0.29, 0.717) is 29.3 Å². The number of hydrogen-bond donors (Lipinski definition) is 1. The summed E-state index contributed by atoms with van der Waals surface area (Å²) in [6, 6.07) is 22.5. The van der Waals surface area contributed by atoms with Gasteiger partial charge in [0.1, 0.15) is 11.8 Å². The van der Waals surface area contributed by atoms with Crippen molar-refractivity contribution in [1.82, 2.24) is 9.88 Å². The molecule has 0 radical (unpaired) electrons. The lowest BCUT2D eigenvalue weighted by Gasteiger charge is -2.35. The number of ether oxygens (including phenoxy) is 1. The van der Waals surface area contributed by atoms with E-state index in [1.54, 1.807) is 17.0 Å². The number of carbonyl (C=O) groups is 1. The van der Waals surface area contributed by atoms with E-state index in [-0.39, 0.29) is 6.04 Å². The Kier molecular flexibility index (Phi) is 5.53. The van der Waals surface area contributed by atoms with Gasteiger partial charge in [-0.25, -0.2) is 4.79 Å². The third kappa shape index (κ3) is 3.94. The Hall–Kier alpha value is -3.75. The molecule has 0 fully saturated rings. The van der Waals surface area contributed by atoms with E-state index < -0.39 is 6.09 Å². The number of aromatic nitrogens is 1. The molecule has 1 aliphatic heterocycles. The van der Waals surface area contributed by atoms with Crippen molar-refractivity contribution in [3.63, 3.8) is 0 Å². The van der Waals surface area contributed by atoms with Gasteiger partial charge in [-0.3, -0.25) is 4.90 Å². The molecule has 1 aromatic heterocycles. The van der Waals surface area contributed by atoms with Crippen molar-refractivity contribution in [2.24, 2.45) is 0 Å². The minimum atomic E-state index is -0.407. The Morgan fingerprint density at radius 1 is 1.15 bits per heavy atom. The number of aryl methyl sites for hydroxylation is 1. The molecular formula is C27H22ClN3O2. The summed E-state index contributed by atoms with van der Waals surface area (Å²) >= 11 is 6.27. The van der Waals surface area contributed by atoms with Crippen molar-refractivity contribution in [2.45, 2.75) is 25.8 Å². The van der Waals surface area contributed by atoms with Crippen LogP contribution in [0.4, 0.5) is 4.79 Å². The number of benzene rings is 3. The lowest BCUT2D eigenvalue weighted by Crippen LogP contribution is -2.42. The lowest BCUT2D eigenvalue weighted by molar-refractivity contribution is 0.135. The third-order valence-electron chi connectivity index (χ3n) is 6.22. The zero-order valence-corrected chi connectivity index (χ0v) is 18.9. The summed E-state index contributed by atoms with van der Waals surface area (Å²) in [7, 11) is 0. The fraction of sp³-hybridized carbons (Fsp3) is 0.185. The molecule has 0 bridgehead atoms. The van der Waals surface area contributed by atoms with E-state index in [9.17, 15) is 10.1 Å². The van der Waals surface area contributed by atoms with Gasteiger partial charge in [-0.2, -0.15) is 5.26 Å². The van der Waals surface area contributed by atoms with E-state index in [2.05, 4.69) is 18.0 Å². The number of rotatable bonds is 3. The van der Waals surface area contributed by atoms with Crippen LogP contribution in [0.2, 0.25) is 5.02 Å². The molecule has 6 heteroatoms. The maximum atomic E-state index is 13.3. The molecule has 5 nitrogen and oxygen atoms in total. The first-order valence-electron chi connectivity index (χ1n) is 10.9. The molecule has 1 atom stereocenters. The zero-order valence-electron chi connectivity index (χ0n) is 18.1. The topological polar surface area (TPSA) is 69.1 Å². The molecule has 2 heterocycles. The molecule has 0 spiro atoms. The van der Waals surface area contributed by atoms with Gasteiger partial charge in [0, 0.05) is 28.2 Å². The summed E-state index contributed by atoms with van der Waals surface area (Å²) in [4.78, 5) is 18.6. The number of amides is 1. The van der Waals surface area contributed by atoms with Gasteiger partial charge in [0.15, 0.2) is 0 Å². The van der Waals surface area contributed by atoms with E-state index in [1.807, 2.05) is 54.6 Å². The molecular weight excluding hydrogens is 434 g/mol. The Morgan fingerprint density at radius 3 is 2.61 bits per heavy atom. The second-order valence-corrected chi connectivity index (χ2v) is 8.59. The molecule has 0 saturated heterocycles. The zero-order chi connectivity index (χ0) is 22.9. The molecule has 3 aromatic carbocycles. The van der Waals surface area contributed by atoms with Crippen LogP contribution in [0.5, 0.6) is 5.75 Å². The Morgan fingerprint density at radius 2 is 1.91 bits per heavy atom. The highest BCUT2D eigenvalue weighted by molar-refractivity contribution is 6.31. The van der Waals surface area contributed by atoms with Gasteiger partial charge in [-0.15, -0.1) is 0 Å². The lowest BCUT2D eigenvalue weighted by atomic mass is 9.92. The predicted molar refractivity (Wildman–Crippen MR) is 129 cm³/mol. The third-order valence-corrected chi connectivity index (χ3v) is 6.45. The van der Waals surface area contributed by atoms with Crippen LogP contribution < -0.4 is 4.74 Å². The molecule has 1 aliphatic rings. The number of halogens is 1. The average molecular weight is 456 g/mol. The minimum Gasteiger partial charge on any atom is -0.410 e. The maximum absolute atomic E-state index is 13.3. The van der Waals surface area contributed by atoms with Crippen LogP contribution in [0.3, 0.4) is 0 Å². The molecule has 4 aromatic rings. The van der Waals surface area contributed by atoms with Gasteiger partial charge in [0.25, 0.3) is 0 Å². The van der Waals surface area contributed by atoms with Gasteiger partial charge in [0.05, 0.1) is 11.6 Å². The second-order valence-electron chi connectivity index (χ2n) is 8.15. The summed E-state index contributed by atoms with van der Waals surface area (Å²) < 4.78 is 5.76. The number of nitrogens with zero attached hydrogens (tertiary/aromatic N) is 2. The highest BCUT2D eigenvalue weighted by Crippen LogP contribution is 2.39. The Balaban J connectivity index is 1.55. The van der Waals surface area contributed by atoms with Gasteiger partial charge in [-0.05, 0) is 72.0 Å². The number of aromatic amines is 1. The van der Waals surface area contributed by atoms with Crippen molar-refractivity contribution in [3.8, 4) is 11.8 Å². The van der Waals surface area contributed by atoms with Crippen LogP contribution in [0.25, 0.3) is 10.9 Å².